The zero-order valence-electron chi connectivity index (χ0n) is 15.1. The van der Waals surface area contributed by atoms with Gasteiger partial charge in [0.05, 0.1) is 15.5 Å². The van der Waals surface area contributed by atoms with Crippen LogP contribution in [0.5, 0.6) is 0 Å². The van der Waals surface area contributed by atoms with Crippen LogP contribution in [0.25, 0.3) is 0 Å². The van der Waals surface area contributed by atoms with Gasteiger partial charge >= 0.3 is 0 Å². The molecule has 9 heteroatoms. The Morgan fingerprint density at radius 1 is 1.07 bits per heavy atom. The average Bonchev–Trinajstić information content (AvgIpc) is 2.64. The molecule has 1 saturated heterocycles. The lowest BCUT2D eigenvalue weighted by molar-refractivity contribution is -0.385. The van der Waals surface area contributed by atoms with E-state index in [1.807, 2.05) is 30.8 Å². The van der Waals surface area contributed by atoms with Crippen LogP contribution in [0, 0.1) is 24.0 Å². The van der Waals surface area contributed by atoms with E-state index < -0.39 is 14.9 Å². The van der Waals surface area contributed by atoms with Crippen LogP contribution in [-0.4, -0.2) is 37.9 Å². The van der Waals surface area contributed by atoms with Gasteiger partial charge in [0.15, 0.2) is 0 Å². The molecule has 1 fully saturated rings. The van der Waals surface area contributed by atoms with Crippen LogP contribution in [0.2, 0.25) is 0 Å². The summed E-state index contributed by atoms with van der Waals surface area (Å²) in [5, 5.41) is 11.0. The summed E-state index contributed by atoms with van der Waals surface area (Å²) in [4.78, 5) is 12.6. The number of hydrogen-bond acceptors (Lipinski definition) is 6. The Morgan fingerprint density at radius 2 is 1.78 bits per heavy atom. The molecule has 1 N–H and O–H groups in total. The van der Waals surface area contributed by atoms with Crippen LogP contribution in [0.1, 0.15) is 11.1 Å². The second kappa shape index (κ2) is 7.77. The second-order valence-corrected chi connectivity index (χ2v) is 9.29. The van der Waals surface area contributed by atoms with E-state index in [1.54, 1.807) is 13.0 Å². The molecule has 0 atom stereocenters. The van der Waals surface area contributed by atoms with Crippen LogP contribution in [0.4, 0.5) is 17.1 Å². The molecule has 0 saturated carbocycles. The van der Waals surface area contributed by atoms with Gasteiger partial charge < -0.3 is 4.90 Å². The third-order valence-corrected chi connectivity index (χ3v) is 6.95. The molecule has 0 spiro atoms. The predicted octanol–water partition coefficient (Wildman–Crippen LogP) is 3.57. The van der Waals surface area contributed by atoms with Gasteiger partial charge in [0.25, 0.3) is 15.7 Å². The number of nitrogens with zero attached hydrogens (tertiary/aromatic N) is 2. The Kier molecular flexibility index (Phi) is 5.61. The van der Waals surface area contributed by atoms with Crippen LogP contribution in [0.15, 0.2) is 41.3 Å². The first-order valence-corrected chi connectivity index (χ1v) is 11.1. The third-order valence-electron chi connectivity index (χ3n) is 4.50. The van der Waals surface area contributed by atoms with E-state index in [1.165, 1.54) is 12.1 Å². The molecule has 1 heterocycles. The smallest absolute Gasteiger partial charge is 0.270 e. The lowest BCUT2D eigenvalue weighted by Gasteiger charge is -2.29. The lowest BCUT2D eigenvalue weighted by Crippen LogP contribution is -2.32. The van der Waals surface area contributed by atoms with Gasteiger partial charge in [-0.05, 0) is 43.2 Å². The molecule has 144 valence electrons. The summed E-state index contributed by atoms with van der Waals surface area (Å²) in [6.07, 6.45) is 0. The number of nitro groups is 1. The second-order valence-electron chi connectivity index (χ2n) is 6.41. The molecule has 1 aliphatic heterocycles. The molecule has 3 rings (SSSR count). The van der Waals surface area contributed by atoms with Crippen molar-refractivity contribution in [3.63, 3.8) is 0 Å². The van der Waals surface area contributed by atoms with Gasteiger partial charge in [0.1, 0.15) is 0 Å². The van der Waals surface area contributed by atoms with E-state index in [-0.39, 0.29) is 10.6 Å². The number of non-ortho nitro benzene ring substituents is 1. The summed E-state index contributed by atoms with van der Waals surface area (Å²) >= 11 is 1.93. The Balaban J connectivity index is 1.88. The summed E-state index contributed by atoms with van der Waals surface area (Å²) in [6, 6.07) is 9.45. The number of hydrogen-bond donors (Lipinski definition) is 1. The highest BCUT2D eigenvalue weighted by Gasteiger charge is 2.22. The van der Waals surface area contributed by atoms with Crippen LogP contribution in [0.3, 0.4) is 0 Å². The maximum atomic E-state index is 12.8. The number of sulfonamides is 1. The van der Waals surface area contributed by atoms with E-state index in [0.29, 0.717) is 11.3 Å². The van der Waals surface area contributed by atoms with Crippen molar-refractivity contribution in [3.05, 3.63) is 57.6 Å². The maximum Gasteiger partial charge on any atom is 0.270 e. The van der Waals surface area contributed by atoms with Gasteiger partial charge in [-0.1, -0.05) is 6.07 Å². The Bertz CT molecular complexity index is 971. The first-order chi connectivity index (χ1) is 12.8. The summed E-state index contributed by atoms with van der Waals surface area (Å²) in [6.45, 7) is 5.41. The molecule has 0 amide bonds. The SMILES string of the molecule is Cc1cc(N2CCSCC2)ccc1NS(=O)(=O)c1cc([N+](=O)[O-])ccc1C. The fourth-order valence-electron chi connectivity index (χ4n) is 2.97. The number of rotatable bonds is 5. The normalized spacial score (nSPS) is 14.8. The number of nitro benzene ring substituents is 1. The zero-order chi connectivity index (χ0) is 19.6. The quantitative estimate of drug-likeness (QED) is 0.602. The van der Waals surface area contributed by atoms with Crippen molar-refractivity contribution in [1.29, 1.82) is 0 Å². The summed E-state index contributed by atoms with van der Waals surface area (Å²) in [5.41, 5.74) is 2.54. The molecule has 0 radical (unpaired) electrons. The molecule has 27 heavy (non-hydrogen) atoms. The van der Waals surface area contributed by atoms with Crippen LogP contribution < -0.4 is 9.62 Å². The zero-order valence-corrected chi connectivity index (χ0v) is 16.8. The number of nitrogens with one attached hydrogen (secondary N) is 1. The van der Waals surface area contributed by atoms with Gasteiger partial charge in [0, 0.05) is 42.4 Å². The van der Waals surface area contributed by atoms with Gasteiger partial charge in [-0.3, -0.25) is 14.8 Å². The fraction of sp³-hybridized carbons (Fsp3) is 0.333. The number of aryl methyl sites for hydroxylation is 2. The van der Waals surface area contributed by atoms with Crippen molar-refractivity contribution < 1.29 is 13.3 Å². The van der Waals surface area contributed by atoms with Crippen molar-refractivity contribution in [2.45, 2.75) is 18.7 Å². The topological polar surface area (TPSA) is 92.6 Å². The standard InChI is InChI=1S/C18H21N3O4S2/c1-13-3-4-16(21(22)23)12-18(13)27(24,25)19-17-6-5-15(11-14(17)2)20-7-9-26-10-8-20/h3-6,11-12,19H,7-10H2,1-2H3. The Morgan fingerprint density at radius 3 is 2.41 bits per heavy atom. The minimum atomic E-state index is -3.93. The molecule has 0 aliphatic carbocycles. The van der Waals surface area contributed by atoms with Gasteiger partial charge in [-0.15, -0.1) is 0 Å². The Hall–Kier alpha value is -2.26. The van der Waals surface area contributed by atoms with E-state index in [2.05, 4.69) is 9.62 Å². The van der Waals surface area contributed by atoms with Crippen LogP contribution in [-0.2, 0) is 10.0 Å². The lowest BCUT2D eigenvalue weighted by atomic mass is 10.1. The minimum absolute atomic E-state index is 0.0896. The highest BCUT2D eigenvalue weighted by molar-refractivity contribution is 7.99. The fourth-order valence-corrected chi connectivity index (χ4v) is 5.27. The van der Waals surface area contributed by atoms with Crippen molar-refractivity contribution in [3.8, 4) is 0 Å². The first kappa shape index (κ1) is 19.5. The summed E-state index contributed by atoms with van der Waals surface area (Å²) < 4.78 is 28.1. The van der Waals surface area contributed by atoms with E-state index in [0.717, 1.165) is 41.9 Å². The highest BCUT2D eigenvalue weighted by Crippen LogP contribution is 2.28. The average molecular weight is 408 g/mol. The van der Waals surface area contributed by atoms with Gasteiger partial charge in [-0.2, -0.15) is 11.8 Å². The molecule has 7 nitrogen and oxygen atoms in total. The summed E-state index contributed by atoms with van der Waals surface area (Å²) in [5.74, 6) is 2.17. The number of thioether (sulfide) groups is 1. The molecular weight excluding hydrogens is 386 g/mol. The highest BCUT2D eigenvalue weighted by atomic mass is 32.2. The van der Waals surface area contributed by atoms with Crippen molar-refractivity contribution in [1.82, 2.24) is 0 Å². The molecule has 0 unspecified atom stereocenters. The predicted molar refractivity (Wildman–Crippen MR) is 109 cm³/mol. The molecule has 2 aromatic carbocycles. The Labute approximate surface area is 163 Å². The van der Waals surface area contributed by atoms with Crippen molar-refractivity contribution >= 4 is 38.8 Å². The maximum absolute atomic E-state index is 12.8. The molecule has 0 aromatic heterocycles. The van der Waals surface area contributed by atoms with Crippen molar-refractivity contribution in [2.75, 3.05) is 34.2 Å². The molecular formula is C18H21N3O4S2. The van der Waals surface area contributed by atoms with E-state index in [4.69, 9.17) is 0 Å². The monoisotopic (exact) mass is 407 g/mol. The number of anilines is 2. The van der Waals surface area contributed by atoms with E-state index >= 15 is 0 Å². The minimum Gasteiger partial charge on any atom is -0.370 e. The first-order valence-electron chi connectivity index (χ1n) is 8.49. The third kappa shape index (κ3) is 4.36. The van der Waals surface area contributed by atoms with Gasteiger partial charge in [0.2, 0.25) is 0 Å². The molecule has 0 bridgehead atoms. The van der Waals surface area contributed by atoms with E-state index in [9.17, 15) is 18.5 Å². The van der Waals surface area contributed by atoms with Crippen molar-refractivity contribution in [2.24, 2.45) is 0 Å². The largest absolute Gasteiger partial charge is 0.370 e. The molecule has 1 aliphatic rings. The summed E-state index contributed by atoms with van der Waals surface area (Å²) in [7, 11) is -3.93. The van der Waals surface area contributed by atoms with Crippen LogP contribution >= 0.6 is 11.8 Å². The molecule has 2 aromatic rings. The van der Waals surface area contributed by atoms with Gasteiger partial charge in [-0.25, -0.2) is 8.42 Å². The number of benzene rings is 2.